The number of nitrogens with zero attached hydrogens (tertiary/aromatic N) is 1. The first kappa shape index (κ1) is 17.2. The molecule has 2 rings (SSSR count). The fraction of sp³-hybridized carbons (Fsp3) is 1.00. The van der Waals surface area contributed by atoms with Crippen LogP contribution >= 0.6 is 0 Å². The monoisotopic (exact) mass is 298 g/mol. The molecule has 2 aliphatic heterocycles. The van der Waals surface area contributed by atoms with Gasteiger partial charge in [-0.3, -0.25) is 0 Å². The van der Waals surface area contributed by atoms with Crippen LogP contribution in [0.3, 0.4) is 0 Å². The van der Waals surface area contributed by atoms with Crippen molar-refractivity contribution in [1.29, 1.82) is 0 Å². The Hall–Kier alpha value is -0.160. The molecule has 0 aromatic heterocycles. The van der Waals surface area contributed by atoms with E-state index in [-0.39, 0.29) is 11.2 Å². The van der Waals surface area contributed by atoms with E-state index in [0.717, 1.165) is 39.0 Å². The molecule has 0 aromatic carbocycles. The quantitative estimate of drug-likeness (QED) is 0.833. The maximum Gasteiger partial charge on any atom is 0.0790 e. The molecule has 2 unspecified atom stereocenters. The van der Waals surface area contributed by atoms with Gasteiger partial charge in [-0.1, -0.05) is 6.92 Å². The zero-order valence-electron chi connectivity index (χ0n) is 14.7. The van der Waals surface area contributed by atoms with Crippen LogP contribution in [0.4, 0.5) is 0 Å². The number of rotatable bonds is 4. The Kier molecular flexibility index (Phi) is 4.75. The molecule has 2 heterocycles. The first-order valence-electron chi connectivity index (χ1n) is 8.46. The van der Waals surface area contributed by atoms with Gasteiger partial charge in [-0.25, -0.2) is 0 Å². The minimum Gasteiger partial charge on any atom is -0.390 e. The van der Waals surface area contributed by atoms with Crippen molar-refractivity contribution < 1.29 is 9.84 Å². The van der Waals surface area contributed by atoms with Crippen molar-refractivity contribution in [3.63, 3.8) is 0 Å². The Balaban J connectivity index is 2.06. The normalized spacial score (nSPS) is 35.0. The predicted molar refractivity (Wildman–Crippen MR) is 86.5 cm³/mol. The number of likely N-dealkylation sites (N-methyl/N-ethyl adjacent to an activating group) is 1. The van der Waals surface area contributed by atoms with Crippen LogP contribution in [0.25, 0.3) is 0 Å². The molecule has 0 saturated carbocycles. The predicted octanol–water partition coefficient (Wildman–Crippen LogP) is 2.01. The van der Waals surface area contributed by atoms with Crippen LogP contribution in [0.1, 0.15) is 54.4 Å². The third-order valence-corrected chi connectivity index (χ3v) is 5.38. The Morgan fingerprint density at radius 2 is 1.67 bits per heavy atom. The Bertz CT molecular complexity index is 356. The van der Waals surface area contributed by atoms with Crippen molar-refractivity contribution in [1.82, 2.24) is 10.2 Å². The molecular weight excluding hydrogens is 264 g/mol. The van der Waals surface area contributed by atoms with E-state index in [2.05, 4.69) is 44.8 Å². The number of aliphatic hydroxyl groups is 1. The molecule has 0 spiro atoms. The van der Waals surface area contributed by atoms with Crippen molar-refractivity contribution in [2.45, 2.75) is 77.2 Å². The van der Waals surface area contributed by atoms with Gasteiger partial charge in [0.15, 0.2) is 0 Å². The maximum absolute atomic E-state index is 10.1. The molecule has 4 nitrogen and oxygen atoms in total. The summed E-state index contributed by atoms with van der Waals surface area (Å²) in [6, 6.07) is 0.375. The molecular formula is C17H34N2O2. The van der Waals surface area contributed by atoms with Crippen LogP contribution < -0.4 is 5.32 Å². The minimum atomic E-state index is -0.474. The molecule has 4 heteroatoms. The molecule has 0 radical (unpaired) electrons. The number of ether oxygens (including phenoxy) is 1. The number of hydrogen-bond acceptors (Lipinski definition) is 4. The highest BCUT2D eigenvalue weighted by Crippen LogP contribution is 2.43. The summed E-state index contributed by atoms with van der Waals surface area (Å²) in [5.41, 5.74) is -0.722. The zero-order chi connectivity index (χ0) is 15.9. The average Bonchev–Trinajstić information content (AvgIpc) is 2.50. The van der Waals surface area contributed by atoms with Crippen LogP contribution in [0.15, 0.2) is 0 Å². The van der Waals surface area contributed by atoms with Gasteiger partial charge in [0.25, 0.3) is 0 Å². The summed E-state index contributed by atoms with van der Waals surface area (Å²) in [6.07, 6.45) is 1.74. The highest BCUT2D eigenvalue weighted by atomic mass is 16.5. The van der Waals surface area contributed by atoms with Crippen LogP contribution in [-0.2, 0) is 4.74 Å². The van der Waals surface area contributed by atoms with Gasteiger partial charge >= 0.3 is 0 Å². The third kappa shape index (κ3) is 3.79. The SMILES string of the molecule is CCNC1C(CN2CCC(C)(O)CC2)C(C)(C)OC1(C)C. The van der Waals surface area contributed by atoms with Crippen LogP contribution in [0.2, 0.25) is 0 Å². The van der Waals surface area contributed by atoms with E-state index < -0.39 is 5.60 Å². The summed E-state index contributed by atoms with van der Waals surface area (Å²) in [4.78, 5) is 2.50. The molecule has 21 heavy (non-hydrogen) atoms. The molecule has 0 aliphatic carbocycles. The van der Waals surface area contributed by atoms with Crippen molar-refractivity contribution in [3.8, 4) is 0 Å². The summed E-state index contributed by atoms with van der Waals surface area (Å²) in [6.45, 7) is 16.9. The summed E-state index contributed by atoms with van der Waals surface area (Å²) in [7, 11) is 0. The molecule has 0 amide bonds. The topological polar surface area (TPSA) is 44.7 Å². The Morgan fingerprint density at radius 3 is 2.19 bits per heavy atom. The lowest BCUT2D eigenvalue weighted by atomic mass is 9.81. The maximum atomic E-state index is 10.1. The average molecular weight is 298 g/mol. The summed E-state index contributed by atoms with van der Waals surface area (Å²) < 4.78 is 6.36. The number of piperidine rings is 1. The second-order valence-electron chi connectivity index (χ2n) is 8.25. The first-order chi connectivity index (χ1) is 9.57. The Labute approximate surface area is 130 Å². The van der Waals surface area contributed by atoms with Crippen molar-refractivity contribution in [2.75, 3.05) is 26.2 Å². The van der Waals surface area contributed by atoms with Gasteiger partial charge in [-0.2, -0.15) is 0 Å². The highest BCUT2D eigenvalue weighted by Gasteiger charge is 2.53. The van der Waals surface area contributed by atoms with E-state index in [1.165, 1.54) is 0 Å². The lowest BCUT2D eigenvalue weighted by molar-refractivity contribution is -0.0813. The summed E-state index contributed by atoms with van der Waals surface area (Å²) in [5, 5.41) is 13.8. The van der Waals surface area contributed by atoms with Crippen molar-refractivity contribution in [2.24, 2.45) is 5.92 Å². The fourth-order valence-electron chi connectivity index (χ4n) is 4.13. The number of nitrogens with one attached hydrogen (secondary N) is 1. The van der Waals surface area contributed by atoms with E-state index in [9.17, 15) is 5.11 Å². The third-order valence-electron chi connectivity index (χ3n) is 5.38. The summed E-state index contributed by atoms with van der Waals surface area (Å²) >= 11 is 0. The largest absolute Gasteiger partial charge is 0.390 e. The van der Waals surface area contributed by atoms with Crippen LogP contribution in [0.5, 0.6) is 0 Å². The van der Waals surface area contributed by atoms with Crippen LogP contribution in [-0.4, -0.2) is 59.0 Å². The fourth-order valence-corrected chi connectivity index (χ4v) is 4.13. The van der Waals surface area contributed by atoms with E-state index in [1.54, 1.807) is 0 Å². The van der Waals surface area contributed by atoms with Gasteiger partial charge in [0.1, 0.15) is 0 Å². The standard InChI is InChI=1S/C17H34N2O2/c1-7-18-14-13(15(2,3)21-16(14,4)5)12-19-10-8-17(6,20)9-11-19/h13-14,18,20H,7-12H2,1-6H3. The van der Waals surface area contributed by atoms with E-state index >= 15 is 0 Å². The molecule has 2 atom stereocenters. The number of likely N-dealkylation sites (tertiary alicyclic amines) is 1. The van der Waals surface area contributed by atoms with Gasteiger partial charge in [-0.05, 0) is 54.0 Å². The molecule has 2 aliphatic rings. The van der Waals surface area contributed by atoms with Crippen molar-refractivity contribution >= 4 is 0 Å². The highest BCUT2D eigenvalue weighted by molar-refractivity contribution is 5.06. The first-order valence-corrected chi connectivity index (χ1v) is 8.46. The molecule has 124 valence electrons. The minimum absolute atomic E-state index is 0.115. The molecule has 2 fully saturated rings. The second kappa shape index (κ2) is 5.80. The molecule has 0 bridgehead atoms. The van der Waals surface area contributed by atoms with Gasteiger partial charge in [-0.15, -0.1) is 0 Å². The number of hydrogen-bond donors (Lipinski definition) is 2. The van der Waals surface area contributed by atoms with Gasteiger partial charge in [0.05, 0.1) is 16.8 Å². The van der Waals surface area contributed by atoms with Gasteiger partial charge in [0, 0.05) is 31.6 Å². The van der Waals surface area contributed by atoms with Crippen LogP contribution in [0, 0.1) is 5.92 Å². The lowest BCUT2D eigenvalue weighted by Crippen LogP contribution is -2.52. The van der Waals surface area contributed by atoms with Crippen molar-refractivity contribution in [3.05, 3.63) is 0 Å². The molecule has 0 aromatic rings. The van der Waals surface area contributed by atoms with E-state index in [1.807, 2.05) is 6.92 Å². The molecule has 2 saturated heterocycles. The second-order valence-corrected chi connectivity index (χ2v) is 8.25. The summed E-state index contributed by atoms with van der Waals surface area (Å²) in [5.74, 6) is 0.468. The smallest absolute Gasteiger partial charge is 0.0790 e. The Morgan fingerprint density at radius 1 is 1.10 bits per heavy atom. The molecule has 2 N–H and O–H groups in total. The zero-order valence-corrected chi connectivity index (χ0v) is 14.7. The van der Waals surface area contributed by atoms with Gasteiger partial charge < -0.3 is 20.1 Å². The van der Waals surface area contributed by atoms with E-state index in [4.69, 9.17) is 4.74 Å². The lowest BCUT2D eigenvalue weighted by Gasteiger charge is -2.40. The van der Waals surface area contributed by atoms with Gasteiger partial charge in [0.2, 0.25) is 0 Å². The van der Waals surface area contributed by atoms with E-state index in [0.29, 0.717) is 12.0 Å².